The molecule has 0 aromatic carbocycles. The number of allylic oxidation sites excluding steroid dienone is 2. The third-order valence-electron chi connectivity index (χ3n) is 4.79. The van der Waals surface area contributed by atoms with E-state index >= 15 is 0 Å². The van der Waals surface area contributed by atoms with Gasteiger partial charge in [0.05, 0.1) is 6.10 Å². The topological polar surface area (TPSA) is 35.5 Å². The van der Waals surface area contributed by atoms with E-state index in [1.807, 2.05) is 27.7 Å². The van der Waals surface area contributed by atoms with Gasteiger partial charge < -0.3 is 9.47 Å². The van der Waals surface area contributed by atoms with Gasteiger partial charge in [0.1, 0.15) is 5.41 Å². The standard InChI is InChI=1S/C15H22O3/c1-9-15(8-10-5-6-11(15)7-10)12(16)18-13(17-9)14(2,3)4/h5-6,9-11,13H,7-8H2,1-4H3. The summed E-state index contributed by atoms with van der Waals surface area (Å²) in [5.74, 6) is 0.809. The quantitative estimate of drug-likeness (QED) is 0.490. The van der Waals surface area contributed by atoms with E-state index in [9.17, 15) is 4.79 Å². The van der Waals surface area contributed by atoms with E-state index in [1.165, 1.54) is 0 Å². The van der Waals surface area contributed by atoms with Crippen molar-refractivity contribution >= 4 is 5.97 Å². The van der Waals surface area contributed by atoms with E-state index in [1.54, 1.807) is 0 Å². The second kappa shape index (κ2) is 3.60. The maximum atomic E-state index is 12.5. The van der Waals surface area contributed by atoms with Crippen molar-refractivity contribution in [3.05, 3.63) is 12.2 Å². The molecule has 2 fully saturated rings. The Hall–Kier alpha value is -0.830. The van der Waals surface area contributed by atoms with Crippen molar-refractivity contribution in [3.8, 4) is 0 Å². The minimum absolute atomic E-state index is 0.0435. The molecule has 3 rings (SSSR count). The summed E-state index contributed by atoms with van der Waals surface area (Å²) in [6, 6.07) is 0. The van der Waals surface area contributed by atoms with Crippen LogP contribution in [0.25, 0.3) is 0 Å². The summed E-state index contributed by atoms with van der Waals surface area (Å²) in [7, 11) is 0. The van der Waals surface area contributed by atoms with Crippen LogP contribution in [0.4, 0.5) is 0 Å². The fourth-order valence-electron chi connectivity index (χ4n) is 3.68. The molecule has 0 aromatic rings. The number of esters is 1. The summed E-state index contributed by atoms with van der Waals surface area (Å²) in [5, 5.41) is 0. The largest absolute Gasteiger partial charge is 0.435 e. The van der Waals surface area contributed by atoms with Crippen LogP contribution in [0.15, 0.2) is 12.2 Å². The average molecular weight is 250 g/mol. The first-order valence-electron chi connectivity index (χ1n) is 6.89. The lowest BCUT2D eigenvalue weighted by molar-refractivity contribution is -0.275. The maximum absolute atomic E-state index is 12.5. The van der Waals surface area contributed by atoms with Crippen molar-refractivity contribution in [1.29, 1.82) is 0 Å². The summed E-state index contributed by atoms with van der Waals surface area (Å²) < 4.78 is 11.7. The molecule has 2 aliphatic carbocycles. The molecular formula is C15H22O3. The molecule has 0 N–H and O–H groups in total. The molecule has 5 atom stereocenters. The Morgan fingerprint density at radius 1 is 1.33 bits per heavy atom. The van der Waals surface area contributed by atoms with Crippen LogP contribution in [0.1, 0.15) is 40.5 Å². The maximum Gasteiger partial charge on any atom is 0.317 e. The highest BCUT2D eigenvalue weighted by atomic mass is 16.7. The van der Waals surface area contributed by atoms with Gasteiger partial charge in [0.25, 0.3) is 0 Å². The predicted octanol–water partition coefficient (Wildman–Crippen LogP) is 2.90. The fraction of sp³-hybridized carbons (Fsp3) is 0.800. The number of fused-ring (bicyclic) bond motifs is 3. The molecule has 0 aromatic heterocycles. The summed E-state index contributed by atoms with van der Waals surface area (Å²) in [4.78, 5) is 12.5. The molecule has 1 heterocycles. The van der Waals surface area contributed by atoms with Crippen LogP contribution < -0.4 is 0 Å². The summed E-state index contributed by atoms with van der Waals surface area (Å²) >= 11 is 0. The Bertz CT molecular complexity index is 406. The minimum atomic E-state index is -0.422. The Kier molecular flexibility index (Phi) is 2.44. The van der Waals surface area contributed by atoms with Crippen LogP contribution in [0.2, 0.25) is 0 Å². The van der Waals surface area contributed by atoms with Crippen molar-refractivity contribution in [2.75, 3.05) is 0 Å². The molecular weight excluding hydrogens is 228 g/mol. The lowest BCUT2D eigenvalue weighted by Crippen LogP contribution is -2.56. The molecule has 1 spiro atoms. The van der Waals surface area contributed by atoms with Crippen molar-refractivity contribution in [2.24, 2.45) is 22.7 Å². The smallest absolute Gasteiger partial charge is 0.317 e. The molecule has 1 saturated carbocycles. The SMILES string of the molecule is CC1OC(C(C)(C)C)OC(=O)C12CC1C=CC2C1. The van der Waals surface area contributed by atoms with Crippen LogP contribution in [0.3, 0.4) is 0 Å². The highest BCUT2D eigenvalue weighted by molar-refractivity contribution is 5.80. The predicted molar refractivity (Wildman–Crippen MR) is 67.7 cm³/mol. The van der Waals surface area contributed by atoms with Gasteiger partial charge in [-0.15, -0.1) is 0 Å². The number of hydrogen-bond donors (Lipinski definition) is 0. The number of carbonyl (C=O) groups is 1. The molecule has 0 amide bonds. The van der Waals surface area contributed by atoms with Gasteiger partial charge in [-0.3, -0.25) is 4.79 Å². The summed E-state index contributed by atoms with van der Waals surface area (Å²) in [6.45, 7) is 8.15. The first-order chi connectivity index (χ1) is 8.34. The van der Waals surface area contributed by atoms with Crippen LogP contribution in [0, 0.1) is 22.7 Å². The third kappa shape index (κ3) is 1.49. The number of ether oxygens (including phenoxy) is 2. The van der Waals surface area contributed by atoms with Gasteiger partial charge >= 0.3 is 5.97 Å². The first-order valence-corrected chi connectivity index (χ1v) is 6.89. The Balaban J connectivity index is 1.88. The van der Waals surface area contributed by atoms with Gasteiger partial charge in [-0.2, -0.15) is 0 Å². The normalized spacial score (nSPS) is 46.8. The lowest BCUT2D eigenvalue weighted by atomic mass is 9.71. The van der Waals surface area contributed by atoms with Crippen molar-refractivity contribution < 1.29 is 14.3 Å². The van der Waals surface area contributed by atoms with E-state index in [0.29, 0.717) is 11.8 Å². The van der Waals surface area contributed by atoms with Gasteiger partial charge in [0.15, 0.2) is 0 Å². The highest BCUT2D eigenvalue weighted by Gasteiger charge is 2.61. The molecule has 3 aliphatic rings. The van der Waals surface area contributed by atoms with Gasteiger partial charge in [0, 0.05) is 5.41 Å². The van der Waals surface area contributed by atoms with Crippen molar-refractivity contribution in [2.45, 2.75) is 52.9 Å². The zero-order chi connectivity index (χ0) is 13.1. The Labute approximate surface area is 109 Å². The number of rotatable bonds is 0. The molecule has 3 nitrogen and oxygen atoms in total. The van der Waals surface area contributed by atoms with E-state index in [2.05, 4.69) is 12.2 Å². The van der Waals surface area contributed by atoms with Gasteiger partial charge in [0.2, 0.25) is 6.29 Å². The molecule has 5 unspecified atom stereocenters. The van der Waals surface area contributed by atoms with E-state index < -0.39 is 11.7 Å². The molecule has 18 heavy (non-hydrogen) atoms. The number of cyclic esters (lactones) is 1. The molecule has 100 valence electrons. The fourth-order valence-corrected chi connectivity index (χ4v) is 3.68. The van der Waals surface area contributed by atoms with Gasteiger partial charge in [-0.1, -0.05) is 32.9 Å². The van der Waals surface area contributed by atoms with E-state index in [4.69, 9.17) is 9.47 Å². The van der Waals surface area contributed by atoms with Crippen LogP contribution >= 0.6 is 0 Å². The van der Waals surface area contributed by atoms with Crippen LogP contribution in [-0.4, -0.2) is 18.4 Å². The summed E-state index contributed by atoms with van der Waals surface area (Å²) in [5.41, 5.74) is -0.583. The molecule has 3 heteroatoms. The number of hydrogen-bond acceptors (Lipinski definition) is 3. The first kappa shape index (κ1) is 12.2. The monoisotopic (exact) mass is 250 g/mol. The Morgan fingerprint density at radius 2 is 2.06 bits per heavy atom. The molecule has 1 aliphatic heterocycles. The zero-order valence-electron chi connectivity index (χ0n) is 11.6. The van der Waals surface area contributed by atoms with Crippen molar-refractivity contribution in [3.63, 3.8) is 0 Å². The van der Waals surface area contributed by atoms with Crippen LogP contribution in [-0.2, 0) is 14.3 Å². The number of carbonyl (C=O) groups excluding carboxylic acids is 1. The third-order valence-corrected chi connectivity index (χ3v) is 4.79. The van der Waals surface area contributed by atoms with E-state index in [-0.39, 0.29) is 17.5 Å². The molecule has 1 saturated heterocycles. The lowest BCUT2D eigenvalue weighted by Gasteiger charge is -2.47. The average Bonchev–Trinajstić information content (AvgIpc) is 2.84. The molecule has 2 bridgehead atoms. The Morgan fingerprint density at radius 3 is 2.50 bits per heavy atom. The second-order valence-corrected chi connectivity index (χ2v) is 7.11. The van der Waals surface area contributed by atoms with Gasteiger partial charge in [-0.25, -0.2) is 0 Å². The van der Waals surface area contributed by atoms with E-state index in [0.717, 1.165) is 12.8 Å². The van der Waals surface area contributed by atoms with Gasteiger partial charge in [-0.05, 0) is 31.6 Å². The molecule has 0 radical (unpaired) electrons. The highest BCUT2D eigenvalue weighted by Crippen LogP contribution is 2.57. The zero-order valence-corrected chi connectivity index (χ0v) is 11.6. The summed E-state index contributed by atoms with van der Waals surface area (Å²) in [6.07, 6.45) is 5.93. The second-order valence-electron chi connectivity index (χ2n) is 7.11. The van der Waals surface area contributed by atoms with Crippen LogP contribution in [0.5, 0.6) is 0 Å². The van der Waals surface area contributed by atoms with Crippen molar-refractivity contribution in [1.82, 2.24) is 0 Å². The minimum Gasteiger partial charge on any atom is -0.435 e.